The molecule has 17 heavy (non-hydrogen) atoms. The highest BCUT2D eigenvalue weighted by Gasteiger charge is 2.31. The first-order valence-corrected chi connectivity index (χ1v) is 7.50. The van der Waals surface area contributed by atoms with Gasteiger partial charge in [-0.25, -0.2) is 0 Å². The molecule has 0 aromatic heterocycles. The number of carbonyl (C=O) groups excluding carboxylic acids is 1. The van der Waals surface area contributed by atoms with Gasteiger partial charge in [-0.3, -0.25) is 4.79 Å². The van der Waals surface area contributed by atoms with Crippen LogP contribution in [0.5, 0.6) is 0 Å². The van der Waals surface area contributed by atoms with Crippen molar-refractivity contribution in [2.24, 2.45) is 0 Å². The average molecular weight is 258 g/mol. The molecule has 0 bridgehead atoms. The van der Waals surface area contributed by atoms with Gasteiger partial charge in [-0.2, -0.15) is 11.8 Å². The fourth-order valence-corrected chi connectivity index (χ4v) is 3.51. The SMILES string of the molecule is CN(C)C(=O)[C@@H]1CC[C@@H](CN[C@@H]2CCSC2)O1. The third kappa shape index (κ3) is 3.60. The third-order valence-corrected chi connectivity index (χ3v) is 4.55. The molecule has 2 aliphatic rings. The minimum Gasteiger partial charge on any atom is -0.364 e. The Kier molecular flexibility index (Phi) is 4.70. The maximum atomic E-state index is 11.7. The zero-order valence-corrected chi connectivity index (χ0v) is 11.5. The number of nitrogens with one attached hydrogen (secondary N) is 1. The highest BCUT2D eigenvalue weighted by molar-refractivity contribution is 7.99. The molecule has 0 aliphatic carbocycles. The maximum absolute atomic E-state index is 11.7. The summed E-state index contributed by atoms with van der Waals surface area (Å²) in [6.07, 6.45) is 3.13. The molecule has 5 heteroatoms. The first-order chi connectivity index (χ1) is 8.16. The largest absolute Gasteiger partial charge is 0.364 e. The second-order valence-electron chi connectivity index (χ2n) is 5.03. The Hall–Kier alpha value is -0.260. The number of amides is 1. The number of hydrogen-bond donors (Lipinski definition) is 1. The van der Waals surface area contributed by atoms with Crippen molar-refractivity contribution in [3.63, 3.8) is 0 Å². The van der Waals surface area contributed by atoms with Crippen LogP contribution in [0.15, 0.2) is 0 Å². The molecule has 4 nitrogen and oxygen atoms in total. The van der Waals surface area contributed by atoms with E-state index in [2.05, 4.69) is 5.32 Å². The Morgan fingerprint density at radius 1 is 1.41 bits per heavy atom. The fraction of sp³-hybridized carbons (Fsp3) is 0.917. The van der Waals surface area contributed by atoms with Crippen molar-refractivity contribution in [3.8, 4) is 0 Å². The van der Waals surface area contributed by atoms with E-state index in [1.165, 1.54) is 17.9 Å². The van der Waals surface area contributed by atoms with Gasteiger partial charge >= 0.3 is 0 Å². The molecule has 2 saturated heterocycles. The lowest BCUT2D eigenvalue weighted by molar-refractivity contribution is -0.140. The number of likely N-dealkylation sites (N-methyl/N-ethyl adjacent to an activating group) is 1. The van der Waals surface area contributed by atoms with E-state index in [1.54, 1.807) is 19.0 Å². The van der Waals surface area contributed by atoms with Gasteiger partial charge in [0.25, 0.3) is 5.91 Å². The molecule has 1 amide bonds. The van der Waals surface area contributed by atoms with Gasteiger partial charge in [0, 0.05) is 32.4 Å². The standard InChI is InChI=1S/C12H22N2O2S/c1-14(2)12(15)11-4-3-10(16-11)7-13-9-5-6-17-8-9/h9-11,13H,3-8H2,1-2H3/t9-,10+,11+/m1/s1. The minimum atomic E-state index is -0.213. The van der Waals surface area contributed by atoms with E-state index in [9.17, 15) is 4.79 Å². The normalized spacial score (nSPS) is 32.9. The maximum Gasteiger partial charge on any atom is 0.251 e. The average Bonchev–Trinajstić information content (AvgIpc) is 2.96. The molecule has 1 N–H and O–H groups in total. The summed E-state index contributed by atoms with van der Waals surface area (Å²) in [5, 5.41) is 3.54. The summed E-state index contributed by atoms with van der Waals surface area (Å²) < 4.78 is 5.78. The lowest BCUT2D eigenvalue weighted by Crippen LogP contribution is -2.37. The van der Waals surface area contributed by atoms with Crippen LogP contribution in [0, 0.1) is 0 Å². The Morgan fingerprint density at radius 2 is 2.24 bits per heavy atom. The summed E-state index contributed by atoms with van der Waals surface area (Å²) in [5.74, 6) is 2.58. The molecule has 2 heterocycles. The van der Waals surface area contributed by atoms with E-state index in [0.717, 1.165) is 19.4 Å². The molecular weight excluding hydrogens is 236 g/mol. The first-order valence-electron chi connectivity index (χ1n) is 6.34. The molecule has 0 aromatic carbocycles. The van der Waals surface area contributed by atoms with E-state index in [-0.39, 0.29) is 18.1 Å². The van der Waals surface area contributed by atoms with Crippen LogP contribution in [0.1, 0.15) is 19.3 Å². The van der Waals surface area contributed by atoms with E-state index in [1.807, 2.05) is 11.8 Å². The van der Waals surface area contributed by atoms with Gasteiger partial charge in [0.1, 0.15) is 6.10 Å². The molecule has 2 aliphatic heterocycles. The van der Waals surface area contributed by atoms with Gasteiger partial charge in [0.2, 0.25) is 0 Å². The molecule has 3 atom stereocenters. The number of thioether (sulfide) groups is 1. The van der Waals surface area contributed by atoms with Crippen LogP contribution in [0.2, 0.25) is 0 Å². The highest BCUT2D eigenvalue weighted by Crippen LogP contribution is 2.22. The summed E-state index contributed by atoms with van der Waals surface area (Å²) in [7, 11) is 3.57. The Labute approximate surface area is 107 Å². The van der Waals surface area contributed by atoms with Crippen molar-refractivity contribution in [2.75, 3.05) is 32.1 Å². The fourth-order valence-electron chi connectivity index (χ4n) is 2.32. The Bertz CT molecular complexity index is 267. The van der Waals surface area contributed by atoms with E-state index >= 15 is 0 Å². The summed E-state index contributed by atoms with van der Waals surface area (Å²) in [4.78, 5) is 13.3. The van der Waals surface area contributed by atoms with Crippen molar-refractivity contribution >= 4 is 17.7 Å². The van der Waals surface area contributed by atoms with Crippen LogP contribution < -0.4 is 5.32 Å². The van der Waals surface area contributed by atoms with Gasteiger partial charge in [0.15, 0.2) is 0 Å². The quantitative estimate of drug-likeness (QED) is 0.807. The van der Waals surface area contributed by atoms with Crippen molar-refractivity contribution < 1.29 is 9.53 Å². The van der Waals surface area contributed by atoms with Gasteiger partial charge in [-0.15, -0.1) is 0 Å². The van der Waals surface area contributed by atoms with Crippen LogP contribution in [0.3, 0.4) is 0 Å². The predicted octanol–water partition coefficient (Wildman–Crippen LogP) is 0.717. The molecule has 0 saturated carbocycles. The van der Waals surface area contributed by atoms with Crippen molar-refractivity contribution in [3.05, 3.63) is 0 Å². The molecular formula is C12H22N2O2S. The lowest BCUT2D eigenvalue weighted by atomic mass is 10.1. The molecule has 0 radical (unpaired) electrons. The topological polar surface area (TPSA) is 41.6 Å². The number of nitrogens with zero attached hydrogens (tertiary/aromatic N) is 1. The second kappa shape index (κ2) is 6.07. The molecule has 2 rings (SSSR count). The van der Waals surface area contributed by atoms with E-state index < -0.39 is 0 Å². The van der Waals surface area contributed by atoms with Gasteiger partial charge in [0.05, 0.1) is 6.10 Å². The smallest absolute Gasteiger partial charge is 0.251 e. The van der Waals surface area contributed by atoms with E-state index in [4.69, 9.17) is 4.74 Å². The van der Waals surface area contributed by atoms with Crippen LogP contribution in [0.4, 0.5) is 0 Å². The highest BCUT2D eigenvalue weighted by atomic mass is 32.2. The molecule has 0 spiro atoms. The third-order valence-electron chi connectivity index (χ3n) is 3.39. The Morgan fingerprint density at radius 3 is 2.88 bits per heavy atom. The van der Waals surface area contributed by atoms with Crippen molar-refractivity contribution in [2.45, 2.75) is 37.5 Å². The summed E-state index contributed by atoms with van der Waals surface area (Å²) in [6.45, 7) is 0.891. The van der Waals surface area contributed by atoms with Crippen LogP contribution in [-0.2, 0) is 9.53 Å². The summed E-state index contributed by atoms with van der Waals surface area (Å²) >= 11 is 2.01. The molecule has 0 unspecified atom stereocenters. The second-order valence-corrected chi connectivity index (χ2v) is 6.18. The van der Waals surface area contributed by atoms with Crippen LogP contribution in [0.25, 0.3) is 0 Å². The van der Waals surface area contributed by atoms with Gasteiger partial charge < -0.3 is 15.0 Å². The van der Waals surface area contributed by atoms with Gasteiger partial charge in [-0.1, -0.05) is 0 Å². The number of carbonyl (C=O) groups is 1. The predicted molar refractivity (Wildman–Crippen MR) is 70.3 cm³/mol. The first kappa shape index (κ1) is 13.2. The van der Waals surface area contributed by atoms with E-state index in [0.29, 0.717) is 6.04 Å². The Balaban J connectivity index is 1.68. The van der Waals surface area contributed by atoms with Crippen LogP contribution >= 0.6 is 11.8 Å². The summed E-state index contributed by atoms with van der Waals surface area (Å²) in [6, 6.07) is 0.646. The number of rotatable bonds is 4. The monoisotopic (exact) mass is 258 g/mol. The number of hydrogen-bond acceptors (Lipinski definition) is 4. The minimum absolute atomic E-state index is 0.101. The molecule has 98 valence electrons. The lowest BCUT2D eigenvalue weighted by Gasteiger charge is -2.18. The van der Waals surface area contributed by atoms with Crippen molar-refractivity contribution in [1.82, 2.24) is 10.2 Å². The van der Waals surface area contributed by atoms with Crippen LogP contribution in [-0.4, -0.2) is 61.2 Å². The number of ether oxygens (including phenoxy) is 1. The van der Waals surface area contributed by atoms with Gasteiger partial charge in [-0.05, 0) is 25.0 Å². The zero-order valence-electron chi connectivity index (χ0n) is 10.6. The van der Waals surface area contributed by atoms with Crippen molar-refractivity contribution in [1.29, 1.82) is 0 Å². The zero-order chi connectivity index (χ0) is 12.3. The summed E-state index contributed by atoms with van der Waals surface area (Å²) in [5.41, 5.74) is 0. The molecule has 2 fully saturated rings. The molecule has 0 aromatic rings.